The van der Waals surface area contributed by atoms with Crippen LogP contribution in [0.1, 0.15) is 21.7 Å². The number of aromatic nitrogens is 3. The summed E-state index contributed by atoms with van der Waals surface area (Å²) in [6.07, 6.45) is 1.39. The normalized spacial score (nSPS) is 10.4. The molecule has 0 radical (unpaired) electrons. The highest BCUT2D eigenvalue weighted by Gasteiger charge is 2.11. The SMILES string of the molecule is Cc1ccc(F)cc1CC(=O)c1ncn[nH]1. The summed E-state index contributed by atoms with van der Waals surface area (Å²) in [5.41, 5.74) is 1.55. The lowest BCUT2D eigenvalue weighted by molar-refractivity contribution is 0.0983. The van der Waals surface area contributed by atoms with E-state index in [1.54, 1.807) is 6.07 Å². The molecule has 0 amide bonds. The average Bonchev–Trinajstić information content (AvgIpc) is 2.76. The monoisotopic (exact) mass is 219 g/mol. The molecule has 1 aromatic carbocycles. The smallest absolute Gasteiger partial charge is 0.203 e. The lowest BCUT2D eigenvalue weighted by atomic mass is 10.0. The minimum absolute atomic E-state index is 0.124. The first-order valence-electron chi connectivity index (χ1n) is 4.80. The summed E-state index contributed by atoms with van der Waals surface area (Å²) in [5, 5.41) is 6.08. The quantitative estimate of drug-likeness (QED) is 0.799. The van der Waals surface area contributed by atoms with Crippen molar-refractivity contribution < 1.29 is 9.18 Å². The summed E-state index contributed by atoms with van der Waals surface area (Å²) in [6, 6.07) is 4.39. The molecule has 0 aliphatic heterocycles. The Kier molecular flexibility index (Phi) is 2.76. The molecule has 0 fully saturated rings. The van der Waals surface area contributed by atoms with Crippen LogP contribution in [-0.2, 0) is 6.42 Å². The average molecular weight is 219 g/mol. The summed E-state index contributed by atoms with van der Waals surface area (Å²) in [7, 11) is 0. The molecule has 2 aromatic rings. The molecule has 0 saturated heterocycles. The topological polar surface area (TPSA) is 58.6 Å². The largest absolute Gasteiger partial charge is 0.290 e. The Bertz CT molecular complexity index is 508. The van der Waals surface area contributed by atoms with E-state index < -0.39 is 0 Å². The van der Waals surface area contributed by atoms with Crippen molar-refractivity contribution in [2.24, 2.45) is 0 Å². The van der Waals surface area contributed by atoms with Gasteiger partial charge in [0.25, 0.3) is 0 Å². The molecule has 0 bridgehead atoms. The Morgan fingerprint density at radius 1 is 1.50 bits per heavy atom. The number of hydrogen-bond acceptors (Lipinski definition) is 3. The molecule has 0 spiro atoms. The van der Waals surface area contributed by atoms with Crippen LogP contribution in [0.4, 0.5) is 4.39 Å². The van der Waals surface area contributed by atoms with Crippen molar-refractivity contribution in [3.63, 3.8) is 0 Å². The first-order chi connectivity index (χ1) is 7.66. The number of nitrogens with one attached hydrogen (secondary N) is 1. The Balaban J connectivity index is 2.21. The number of nitrogens with zero attached hydrogens (tertiary/aromatic N) is 2. The number of carbonyl (C=O) groups excluding carboxylic acids is 1. The fourth-order valence-corrected chi connectivity index (χ4v) is 1.43. The molecule has 1 N–H and O–H groups in total. The number of benzene rings is 1. The van der Waals surface area contributed by atoms with Crippen molar-refractivity contribution in [3.05, 3.63) is 47.3 Å². The molecule has 16 heavy (non-hydrogen) atoms. The number of aromatic amines is 1. The molecule has 0 aliphatic rings. The maximum atomic E-state index is 13.0. The number of Topliss-reactive ketones (excluding diaryl/α,β-unsaturated/α-hetero) is 1. The van der Waals surface area contributed by atoms with Gasteiger partial charge in [0.15, 0.2) is 5.82 Å². The highest BCUT2D eigenvalue weighted by atomic mass is 19.1. The van der Waals surface area contributed by atoms with Crippen LogP contribution >= 0.6 is 0 Å². The van der Waals surface area contributed by atoms with E-state index in [4.69, 9.17) is 0 Å². The molecule has 1 heterocycles. The van der Waals surface area contributed by atoms with Crippen molar-refractivity contribution in [1.82, 2.24) is 15.2 Å². The molecular formula is C11H10FN3O. The molecule has 0 unspecified atom stereocenters. The molecular weight excluding hydrogens is 209 g/mol. The first-order valence-corrected chi connectivity index (χ1v) is 4.80. The van der Waals surface area contributed by atoms with E-state index in [0.717, 1.165) is 5.56 Å². The van der Waals surface area contributed by atoms with Crippen molar-refractivity contribution in [3.8, 4) is 0 Å². The predicted octanol–water partition coefficient (Wildman–Crippen LogP) is 1.68. The maximum absolute atomic E-state index is 13.0. The van der Waals surface area contributed by atoms with Crippen LogP contribution in [-0.4, -0.2) is 21.0 Å². The van der Waals surface area contributed by atoms with Crippen LogP contribution in [0.2, 0.25) is 0 Å². The number of rotatable bonds is 3. The summed E-state index contributed by atoms with van der Waals surface area (Å²) in [6.45, 7) is 1.84. The molecule has 1 aromatic heterocycles. The third-order valence-corrected chi connectivity index (χ3v) is 2.34. The van der Waals surface area contributed by atoms with Gasteiger partial charge in [0.1, 0.15) is 12.1 Å². The van der Waals surface area contributed by atoms with Gasteiger partial charge in [0.2, 0.25) is 5.78 Å². The van der Waals surface area contributed by atoms with Crippen molar-refractivity contribution in [2.75, 3.05) is 0 Å². The van der Waals surface area contributed by atoms with Gasteiger partial charge in [-0.25, -0.2) is 9.37 Å². The van der Waals surface area contributed by atoms with Gasteiger partial charge in [0, 0.05) is 6.42 Å². The van der Waals surface area contributed by atoms with Gasteiger partial charge >= 0.3 is 0 Å². The van der Waals surface area contributed by atoms with Gasteiger partial charge < -0.3 is 0 Å². The van der Waals surface area contributed by atoms with Gasteiger partial charge in [-0.2, -0.15) is 5.10 Å². The molecule has 0 aliphatic carbocycles. The highest BCUT2D eigenvalue weighted by molar-refractivity contribution is 5.94. The zero-order valence-electron chi connectivity index (χ0n) is 8.70. The molecule has 0 saturated carbocycles. The summed E-state index contributed by atoms with van der Waals surface area (Å²) < 4.78 is 13.0. The minimum Gasteiger partial charge on any atom is -0.290 e. The second-order valence-electron chi connectivity index (χ2n) is 3.50. The Morgan fingerprint density at radius 2 is 2.31 bits per heavy atom. The maximum Gasteiger partial charge on any atom is 0.203 e. The third-order valence-electron chi connectivity index (χ3n) is 2.34. The van der Waals surface area contributed by atoms with E-state index in [2.05, 4.69) is 15.2 Å². The van der Waals surface area contributed by atoms with Crippen LogP contribution < -0.4 is 0 Å². The molecule has 5 heteroatoms. The van der Waals surface area contributed by atoms with Gasteiger partial charge in [-0.1, -0.05) is 6.07 Å². The van der Waals surface area contributed by atoms with Crippen LogP contribution in [0.25, 0.3) is 0 Å². The van der Waals surface area contributed by atoms with Crippen LogP contribution in [0.15, 0.2) is 24.5 Å². The Hall–Kier alpha value is -2.04. The van der Waals surface area contributed by atoms with Crippen LogP contribution in [0, 0.1) is 12.7 Å². The van der Waals surface area contributed by atoms with Crippen molar-refractivity contribution in [2.45, 2.75) is 13.3 Å². The molecule has 82 valence electrons. The summed E-state index contributed by atoms with van der Waals surface area (Å²) in [4.78, 5) is 15.4. The number of aryl methyl sites for hydroxylation is 1. The second-order valence-corrected chi connectivity index (χ2v) is 3.50. The Labute approximate surface area is 91.5 Å². The fourth-order valence-electron chi connectivity index (χ4n) is 1.43. The van der Waals surface area contributed by atoms with E-state index in [-0.39, 0.29) is 23.8 Å². The predicted molar refractivity (Wildman–Crippen MR) is 55.6 cm³/mol. The number of halogens is 1. The first kappa shape index (κ1) is 10.5. The molecule has 0 atom stereocenters. The highest BCUT2D eigenvalue weighted by Crippen LogP contribution is 2.12. The van der Waals surface area contributed by atoms with Gasteiger partial charge in [-0.15, -0.1) is 0 Å². The lowest BCUT2D eigenvalue weighted by Gasteiger charge is -2.03. The third kappa shape index (κ3) is 2.13. The fraction of sp³-hybridized carbons (Fsp3) is 0.182. The molecule has 4 nitrogen and oxygen atoms in total. The van der Waals surface area contributed by atoms with E-state index in [9.17, 15) is 9.18 Å². The van der Waals surface area contributed by atoms with Crippen molar-refractivity contribution in [1.29, 1.82) is 0 Å². The number of H-pyrrole nitrogens is 1. The van der Waals surface area contributed by atoms with Crippen LogP contribution in [0.3, 0.4) is 0 Å². The zero-order valence-corrected chi connectivity index (χ0v) is 8.70. The second kappa shape index (κ2) is 4.22. The van der Waals surface area contributed by atoms with E-state index in [0.29, 0.717) is 5.56 Å². The minimum atomic E-state index is -0.342. The standard InChI is InChI=1S/C11H10FN3O/c1-7-2-3-9(12)4-8(7)5-10(16)11-13-6-14-15-11/h2-4,6H,5H2,1H3,(H,13,14,15). The van der Waals surface area contributed by atoms with E-state index in [1.807, 2.05) is 6.92 Å². The summed E-state index contributed by atoms with van der Waals surface area (Å²) >= 11 is 0. The molecule has 2 rings (SSSR count). The number of carbonyl (C=O) groups is 1. The number of hydrogen-bond donors (Lipinski definition) is 1. The van der Waals surface area contributed by atoms with Crippen molar-refractivity contribution >= 4 is 5.78 Å². The van der Waals surface area contributed by atoms with Crippen LogP contribution in [0.5, 0.6) is 0 Å². The van der Waals surface area contributed by atoms with E-state index >= 15 is 0 Å². The van der Waals surface area contributed by atoms with Gasteiger partial charge in [0.05, 0.1) is 0 Å². The number of ketones is 1. The van der Waals surface area contributed by atoms with Gasteiger partial charge in [-0.05, 0) is 30.2 Å². The summed E-state index contributed by atoms with van der Waals surface area (Å²) in [5.74, 6) is -0.346. The lowest BCUT2D eigenvalue weighted by Crippen LogP contribution is -2.07. The van der Waals surface area contributed by atoms with Gasteiger partial charge in [-0.3, -0.25) is 9.89 Å². The van der Waals surface area contributed by atoms with E-state index in [1.165, 1.54) is 18.5 Å². The Morgan fingerprint density at radius 3 is 3.00 bits per heavy atom. The zero-order chi connectivity index (χ0) is 11.5.